The minimum absolute atomic E-state index is 0.0457. The molecule has 6 N–H and O–H groups in total. The summed E-state index contributed by atoms with van der Waals surface area (Å²) in [5, 5.41) is 35.5. The number of ether oxygens (including phenoxy) is 1. The Labute approximate surface area is 156 Å². The Bertz CT molecular complexity index is 675. The van der Waals surface area contributed by atoms with Crippen LogP contribution in [0.1, 0.15) is 37.6 Å². The molecule has 150 valence electrons. The fraction of sp³-hybridized carbons (Fsp3) is 0.471. The summed E-state index contributed by atoms with van der Waals surface area (Å²) in [5.41, 5.74) is -0.661. The van der Waals surface area contributed by atoms with E-state index in [4.69, 9.17) is 4.74 Å². The number of alkyl carbamates (subject to hydrolysis) is 1. The molecule has 0 aliphatic carbocycles. The summed E-state index contributed by atoms with van der Waals surface area (Å²) in [5.74, 6) is -2.86. The molecule has 0 atom stereocenters. The zero-order valence-electron chi connectivity index (χ0n) is 15.5. The van der Waals surface area contributed by atoms with Crippen LogP contribution in [-0.2, 0) is 9.53 Å². The van der Waals surface area contributed by atoms with E-state index in [0.29, 0.717) is 0 Å². The maximum Gasteiger partial charge on any atom is 0.407 e. The maximum absolute atomic E-state index is 11.9. The number of hydrogen-bond donors (Lipinski definition) is 6. The lowest BCUT2D eigenvalue weighted by Gasteiger charge is -2.19. The molecule has 0 aromatic heterocycles. The molecule has 0 radical (unpaired) electrons. The lowest BCUT2D eigenvalue weighted by Crippen LogP contribution is -2.37. The molecule has 0 aliphatic rings. The van der Waals surface area contributed by atoms with Gasteiger partial charge < -0.3 is 36.0 Å². The first-order chi connectivity index (χ1) is 12.5. The molecule has 0 bridgehead atoms. The fourth-order valence-electron chi connectivity index (χ4n) is 1.90. The number of benzene rings is 1. The second-order valence-corrected chi connectivity index (χ2v) is 6.65. The van der Waals surface area contributed by atoms with E-state index in [2.05, 4.69) is 16.0 Å². The molecule has 0 heterocycles. The van der Waals surface area contributed by atoms with Gasteiger partial charge in [0.1, 0.15) is 5.60 Å². The van der Waals surface area contributed by atoms with E-state index in [0.717, 1.165) is 12.1 Å². The smallest absolute Gasteiger partial charge is 0.407 e. The highest BCUT2D eigenvalue weighted by Crippen LogP contribution is 2.35. The van der Waals surface area contributed by atoms with Crippen LogP contribution in [0.5, 0.6) is 17.2 Å². The Kier molecular flexibility index (Phi) is 7.70. The van der Waals surface area contributed by atoms with E-state index < -0.39 is 34.9 Å². The minimum atomic E-state index is -0.709. The number of amides is 3. The molecule has 27 heavy (non-hydrogen) atoms. The van der Waals surface area contributed by atoms with Crippen molar-refractivity contribution in [3.63, 3.8) is 0 Å². The fourth-order valence-corrected chi connectivity index (χ4v) is 1.90. The van der Waals surface area contributed by atoms with Gasteiger partial charge in [0.05, 0.1) is 0 Å². The molecular formula is C17H25N3O7. The molecule has 1 aromatic rings. The van der Waals surface area contributed by atoms with Gasteiger partial charge in [-0.15, -0.1) is 0 Å². The average Bonchev–Trinajstić information content (AvgIpc) is 2.54. The summed E-state index contributed by atoms with van der Waals surface area (Å²) in [6.07, 6.45) is -0.560. The SMILES string of the molecule is CC(C)(C)OC(=O)NCCC(=O)NCCNC(=O)c1cc(O)c(O)c(O)c1. The van der Waals surface area contributed by atoms with Crippen molar-refractivity contribution in [2.24, 2.45) is 0 Å². The largest absolute Gasteiger partial charge is 0.504 e. The molecule has 10 nitrogen and oxygen atoms in total. The number of carbonyl (C=O) groups excluding carboxylic acids is 3. The lowest BCUT2D eigenvalue weighted by molar-refractivity contribution is -0.120. The summed E-state index contributed by atoms with van der Waals surface area (Å²) in [6, 6.07) is 2.01. The van der Waals surface area contributed by atoms with Crippen LogP contribution in [0.3, 0.4) is 0 Å². The average molecular weight is 383 g/mol. The molecular weight excluding hydrogens is 358 g/mol. The van der Waals surface area contributed by atoms with E-state index in [-0.39, 0.29) is 37.5 Å². The van der Waals surface area contributed by atoms with Crippen LogP contribution in [0.25, 0.3) is 0 Å². The van der Waals surface area contributed by atoms with Gasteiger partial charge in [-0.1, -0.05) is 0 Å². The highest BCUT2D eigenvalue weighted by Gasteiger charge is 2.16. The van der Waals surface area contributed by atoms with E-state index in [1.807, 2.05) is 0 Å². The van der Waals surface area contributed by atoms with Crippen LogP contribution in [0.4, 0.5) is 4.79 Å². The second kappa shape index (κ2) is 9.51. The van der Waals surface area contributed by atoms with Crippen molar-refractivity contribution < 1.29 is 34.4 Å². The highest BCUT2D eigenvalue weighted by molar-refractivity contribution is 5.95. The summed E-state index contributed by atoms with van der Waals surface area (Å²) in [4.78, 5) is 34.9. The van der Waals surface area contributed by atoms with Crippen molar-refractivity contribution in [1.29, 1.82) is 0 Å². The Hall–Kier alpha value is -3.17. The monoisotopic (exact) mass is 383 g/mol. The third-order valence-corrected chi connectivity index (χ3v) is 3.08. The number of aromatic hydroxyl groups is 3. The highest BCUT2D eigenvalue weighted by atomic mass is 16.6. The van der Waals surface area contributed by atoms with Crippen LogP contribution in [0.2, 0.25) is 0 Å². The zero-order chi connectivity index (χ0) is 20.6. The number of rotatable bonds is 7. The molecule has 0 aliphatic heterocycles. The Morgan fingerprint density at radius 3 is 2.04 bits per heavy atom. The van der Waals surface area contributed by atoms with E-state index in [1.165, 1.54) is 0 Å². The lowest BCUT2D eigenvalue weighted by atomic mass is 10.1. The number of hydrogen-bond acceptors (Lipinski definition) is 7. The summed E-state index contributed by atoms with van der Waals surface area (Å²) < 4.78 is 5.03. The topological polar surface area (TPSA) is 157 Å². The number of phenols is 3. The van der Waals surface area contributed by atoms with Crippen LogP contribution in [0, 0.1) is 0 Å². The number of carbonyl (C=O) groups is 3. The summed E-state index contributed by atoms with van der Waals surface area (Å²) in [7, 11) is 0. The van der Waals surface area contributed by atoms with Crippen molar-refractivity contribution >= 4 is 17.9 Å². The summed E-state index contributed by atoms with van der Waals surface area (Å²) >= 11 is 0. The molecule has 0 fully saturated rings. The molecule has 10 heteroatoms. The normalized spacial score (nSPS) is 10.8. The van der Waals surface area contributed by atoms with Gasteiger partial charge >= 0.3 is 6.09 Å². The first-order valence-corrected chi connectivity index (χ1v) is 8.26. The van der Waals surface area contributed by atoms with Gasteiger partial charge in [0.2, 0.25) is 5.91 Å². The van der Waals surface area contributed by atoms with E-state index in [9.17, 15) is 29.7 Å². The number of phenolic OH excluding ortho intramolecular Hbond substituents is 3. The van der Waals surface area contributed by atoms with Crippen LogP contribution < -0.4 is 16.0 Å². The van der Waals surface area contributed by atoms with Crippen LogP contribution >= 0.6 is 0 Å². The predicted molar refractivity (Wildman–Crippen MR) is 95.6 cm³/mol. The van der Waals surface area contributed by atoms with Crippen molar-refractivity contribution in [1.82, 2.24) is 16.0 Å². The quantitative estimate of drug-likeness (QED) is 0.297. The maximum atomic E-state index is 11.9. The van der Waals surface area contributed by atoms with E-state index in [1.54, 1.807) is 20.8 Å². The molecule has 0 saturated heterocycles. The van der Waals surface area contributed by atoms with E-state index >= 15 is 0 Å². The molecule has 1 aromatic carbocycles. The van der Waals surface area contributed by atoms with Crippen LogP contribution in [0.15, 0.2) is 12.1 Å². The third kappa shape index (κ3) is 8.17. The summed E-state index contributed by atoms with van der Waals surface area (Å²) in [6.45, 7) is 5.55. The predicted octanol–water partition coefficient (Wildman–Crippen LogP) is 0.564. The molecule has 0 unspecified atom stereocenters. The molecule has 0 saturated carbocycles. The zero-order valence-corrected chi connectivity index (χ0v) is 15.5. The Balaban J connectivity index is 2.25. The Morgan fingerprint density at radius 2 is 1.48 bits per heavy atom. The van der Waals surface area contributed by atoms with Gasteiger partial charge in [0.25, 0.3) is 5.91 Å². The molecule has 0 spiro atoms. The van der Waals surface area contributed by atoms with Crippen LogP contribution in [-0.4, -0.2) is 58.5 Å². The van der Waals surface area contributed by atoms with Gasteiger partial charge in [0, 0.05) is 31.6 Å². The van der Waals surface area contributed by atoms with Crippen molar-refractivity contribution in [2.75, 3.05) is 19.6 Å². The van der Waals surface area contributed by atoms with Crippen molar-refractivity contribution in [3.8, 4) is 17.2 Å². The van der Waals surface area contributed by atoms with Gasteiger partial charge in [0.15, 0.2) is 17.2 Å². The van der Waals surface area contributed by atoms with Crippen molar-refractivity contribution in [3.05, 3.63) is 17.7 Å². The standard InChI is InChI=1S/C17H25N3O7/c1-17(2,3)27-16(26)20-5-4-13(23)18-6-7-19-15(25)10-8-11(21)14(24)12(22)9-10/h8-9,21-22,24H,4-7H2,1-3H3,(H,18,23)(H,19,25)(H,20,26). The van der Waals surface area contributed by atoms with Gasteiger partial charge in [-0.3, -0.25) is 9.59 Å². The second-order valence-electron chi connectivity index (χ2n) is 6.65. The van der Waals surface area contributed by atoms with Gasteiger partial charge in [-0.05, 0) is 32.9 Å². The van der Waals surface area contributed by atoms with Crippen molar-refractivity contribution in [2.45, 2.75) is 32.8 Å². The minimum Gasteiger partial charge on any atom is -0.504 e. The third-order valence-electron chi connectivity index (χ3n) is 3.08. The molecule has 1 rings (SSSR count). The first-order valence-electron chi connectivity index (χ1n) is 8.26. The Morgan fingerprint density at radius 1 is 0.926 bits per heavy atom. The van der Waals surface area contributed by atoms with Gasteiger partial charge in [-0.2, -0.15) is 0 Å². The first kappa shape index (κ1) is 21.9. The number of nitrogens with one attached hydrogen (secondary N) is 3. The molecule has 3 amide bonds. The van der Waals surface area contributed by atoms with Gasteiger partial charge in [-0.25, -0.2) is 4.79 Å².